The average molecular weight is 256 g/mol. The van der Waals surface area contributed by atoms with Crippen LogP contribution in [0.4, 0.5) is 0 Å². The van der Waals surface area contributed by atoms with Crippen LogP contribution in [0.15, 0.2) is 42.5 Å². The molecule has 19 heavy (non-hydrogen) atoms. The molecule has 0 fully saturated rings. The van der Waals surface area contributed by atoms with Crippen LogP contribution in [0.1, 0.15) is 23.7 Å². The van der Waals surface area contributed by atoms with E-state index in [0.29, 0.717) is 13.1 Å². The Morgan fingerprint density at radius 2 is 1.84 bits per heavy atom. The summed E-state index contributed by atoms with van der Waals surface area (Å²) in [5, 5.41) is 2.25. The smallest absolute Gasteiger partial charge is 0.253 e. The molecule has 2 rings (SSSR count). The quantitative estimate of drug-likeness (QED) is 0.894. The van der Waals surface area contributed by atoms with Gasteiger partial charge >= 0.3 is 0 Å². The van der Waals surface area contributed by atoms with Gasteiger partial charge in [0.05, 0.1) is 0 Å². The van der Waals surface area contributed by atoms with Crippen LogP contribution in [0, 0.1) is 0 Å². The van der Waals surface area contributed by atoms with Crippen LogP contribution in [0.2, 0.25) is 0 Å². The maximum atomic E-state index is 12.4. The lowest BCUT2D eigenvalue weighted by atomic mass is 10.1. The monoisotopic (exact) mass is 256 g/mol. The minimum absolute atomic E-state index is 0.0676. The molecule has 0 aliphatic rings. The third-order valence-electron chi connectivity index (χ3n) is 3.18. The van der Waals surface area contributed by atoms with Gasteiger partial charge in [-0.15, -0.1) is 0 Å². The zero-order chi connectivity index (χ0) is 13.7. The van der Waals surface area contributed by atoms with Crippen LogP contribution in [-0.4, -0.2) is 30.4 Å². The van der Waals surface area contributed by atoms with E-state index in [1.165, 1.54) is 0 Å². The van der Waals surface area contributed by atoms with E-state index in [4.69, 9.17) is 5.73 Å². The Labute approximate surface area is 114 Å². The molecule has 3 heteroatoms. The summed E-state index contributed by atoms with van der Waals surface area (Å²) < 4.78 is 0. The van der Waals surface area contributed by atoms with E-state index in [1.54, 1.807) is 0 Å². The lowest BCUT2D eigenvalue weighted by Gasteiger charge is -2.21. The van der Waals surface area contributed by atoms with Gasteiger partial charge in [0.25, 0.3) is 5.91 Å². The Hall–Kier alpha value is -1.87. The Kier molecular flexibility index (Phi) is 4.53. The Bertz CT molecular complexity index is 559. The highest BCUT2D eigenvalue weighted by molar-refractivity contribution is 5.98. The Balaban J connectivity index is 2.29. The second-order valence-corrected chi connectivity index (χ2v) is 4.64. The van der Waals surface area contributed by atoms with Crippen molar-refractivity contribution in [2.45, 2.75) is 13.3 Å². The molecule has 0 unspecified atom stereocenters. The van der Waals surface area contributed by atoms with E-state index in [2.05, 4.69) is 6.92 Å². The van der Waals surface area contributed by atoms with Crippen molar-refractivity contribution in [1.29, 1.82) is 0 Å². The number of benzene rings is 2. The first-order valence-electron chi connectivity index (χ1n) is 6.74. The molecule has 0 spiro atoms. The van der Waals surface area contributed by atoms with Gasteiger partial charge in [0, 0.05) is 25.2 Å². The van der Waals surface area contributed by atoms with Crippen LogP contribution >= 0.6 is 0 Å². The lowest BCUT2D eigenvalue weighted by Crippen LogP contribution is -2.35. The number of hydrogen-bond donors (Lipinski definition) is 1. The van der Waals surface area contributed by atoms with Crippen molar-refractivity contribution in [3.05, 3.63) is 48.0 Å². The summed E-state index contributed by atoms with van der Waals surface area (Å²) in [4.78, 5) is 14.3. The molecule has 2 aromatic rings. The molecule has 1 amide bonds. The number of carbonyl (C=O) groups excluding carboxylic acids is 1. The van der Waals surface area contributed by atoms with E-state index in [1.807, 2.05) is 47.4 Å². The van der Waals surface area contributed by atoms with Crippen molar-refractivity contribution in [3.63, 3.8) is 0 Å². The number of hydrogen-bond acceptors (Lipinski definition) is 2. The molecule has 0 aromatic heterocycles. The van der Waals surface area contributed by atoms with E-state index in [-0.39, 0.29) is 5.91 Å². The Morgan fingerprint density at radius 3 is 2.53 bits per heavy atom. The average Bonchev–Trinajstić information content (AvgIpc) is 2.46. The van der Waals surface area contributed by atoms with Gasteiger partial charge in [-0.05, 0) is 29.3 Å². The topological polar surface area (TPSA) is 46.3 Å². The summed E-state index contributed by atoms with van der Waals surface area (Å²) in [6.07, 6.45) is 0.944. The van der Waals surface area contributed by atoms with E-state index < -0.39 is 0 Å². The fourth-order valence-electron chi connectivity index (χ4n) is 2.25. The van der Waals surface area contributed by atoms with E-state index in [9.17, 15) is 4.79 Å². The fourth-order valence-corrected chi connectivity index (χ4v) is 2.25. The highest BCUT2D eigenvalue weighted by Crippen LogP contribution is 2.17. The summed E-state index contributed by atoms with van der Waals surface area (Å²) in [7, 11) is 0. The predicted octanol–water partition coefficient (Wildman–Crippen LogP) is 2.65. The van der Waals surface area contributed by atoms with Crippen molar-refractivity contribution < 1.29 is 4.79 Å². The zero-order valence-corrected chi connectivity index (χ0v) is 11.3. The van der Waals surface area contributed by atoms with Gasteiger partial charge in [-0.25, -0.2) is 0 Å². The number of fused-ring (bicyclic) bond motifs is 1. The van der Waals surface area contributed by atoms with Gasteiger partial charge in [-0.1, -0.05) is 37.3 Å². The number of rotatable bonds is 5. The maximum absolute atomic E-state index is 12.4. The van der Waals surface area contributed by atoms with Crippen molar-refractivity contribution >= 4 is 16.7 Å². The summed E-state index contributed by atoms with van der Waals surface area (Å²) in [6, 6.07) is 13.9. The van der Waals surface area contributed by atoms with Gasteiger partial charge in [-0.2, -0.15) is 0 Å². The SMILES string of the molecule is CCCN(CCN)C(=O)c1ccc2ccccc2c1. The second-order valence-electron chi connectivity index (χ2n) is 4.64. The first-order valence-corrected chi connectivity index (χ1v) is 6.74. The van der Waals surface area contributed by atoms with Crippen molar-refractivity contribution in [1.82, 2.24) is 4.90 Å². The number of carbonyl (C=O) groups is 1. The van der Waals surface area contributed by atoms with Crippen molar-refractivity contribution in [2.75, 3.05) is 19.6 Å². The maximum Gasteiger partial charge on any atom is 0.253 e. The first kappa shape index (κ1) is 13.6. The molecule has 0 bridgehead atoms. The molecule has 0 heterocycles. The van der Waals surface area contributed by atoms with Crippen molar-refractivity contribution in [2.24, 2.45) is 5.73 Å². The molecule has 0 saturated carbocycles. The van der Waals surface area contributed by atoms with Crippen LogP contribution in [0.5, 0.6) is 0 Å². The number of amides is 1. The predicted molar refractivity (Wildman–Crippen MR) is 79.2 cm³/mol. The number of nitrogens with two attached hydrogens (primary N) is 1. The van der Waals surface area contributed by atoms with E-state index in [0.717, 1.165) is 29.3 Å². The van der Waals surface area contributed by atoms with Crippen LogP contribution in [0.3, 0.4) is 0 Å². The Morgan fingerprint density at radius 1 is 1.11 bits per heavy atom. The highest BCUT2D eigenvalue weighted by atomic mass is 16.2. The molecule has 2 aromatic carbocycles. The molecular formula is C16H20N2O. The molecule has 0 saturated heterocycles. The largest absolute Gasteiger partial charge is 0.337 e. The van der Waals surface area contributed by atoms with Gasteiger partial charge in [0.2, 0.25) is 0 Å². The molecule has 0 atom stereocenters. The minimum Gasteiger partial charge on any atom is -0.337 e. The van der Waals surface area contributed by atoms with Crippen molar-refractivity contribution in [3.8, 4) is 0 Å². The minimum atomic E-state index is 0.0676. The van der Waals surface area contributed by atoms with E-state index >= 15 is 0 Å². The number of nitrogens with zero attached hydrogens (tertiary/aromatic N) is 1. The summed E-state index contributed by atoms with van der Waals surface area (Å²) in [5.74, 6) is 0.0676. The normalized spacial score (nSPS) is 10.6. The van der Waals surface area contributed by atoms with Crippen LogP contribution in [-0.2, 0) is 0 Å². The lowest BCUT2D eigenvalue weighted by molar-refractivity contribution is 0.0760. The molecule has 100 valence electrons. The highest BCUT2D eigenvalue weighted by Gasteiger charge is 2.14. The molecule has 0 radical (unpaired) electrons. The summed E-state index contributed by atoms with van der Waals surface area (Å²) in [6.45, 7) is 3.93. The first-order chi connectivity index (χ1) is 9.26. The van der Waals surface area contributed by atoms with Gasteiger partial charge in [-0.3, -0.25) is 4.79 Å². The molecule has 0 aliphatic carbocycles. The molecule has 2 N–H and O–H groups in total. The molecular weight excluding hydrogens is 236 g/mol. The fraction of sp³-hybridized carbons (Fsp3) is 0.312. The zero-order valence-electron chi connectivity index (χ0n) is 11.3. The van der Waals surface area contributed by atoms with Crippen LogP contribution < -0.4 is 5.73 Å². The second kappa shape index (κ2) is 6.34. The van der Waals surface area contributed by atoms with Gasteiger partial charge in [0.15, 0.2) is 0 Å². The standard InChI is InChI=1S/C16H20N2O/c1-2-10-18(11-9-17)16(19)15-8-7-13-5-3-4-6-14(13)12-15/h3-8,12H,2,9-11,17H2,1H3. The third kappa shape index (κ3) is 3.12. The van der Waals surface area contributed by atoms with Gasteiger partial charge in [0.1, 0.15) is 0 Å². The van der Waals surface area contributed by atoms with Gasteiger partial charge < -0.3 is 10.6 Å². The third-order valence-corrected chi connectivity index (χ3v) is 3.18. The van der Waals surface area contributed by atoms with Crippen LogP contribution in [0.25, 0.3) is 10.8 Å². The molecule has 0 aliphatic heterocycles. The summed E-state index contributed by atoms with van der Waals surface area (Å²) in [5.41, 5.74) is 6.31. The summed E-state index contributed by atoms with van der Waals surface area (Å²) >= 11 is 0. The molecule has 3 nitrogen and oxygen atoms in total.